The van der Waals surface area contributed by atoms with E-state index in [1.807, 2.05) is 0 Å². The van der Waals surface area contributed by atoms with Crippen molar-refractivity contribution in [3.05, 3.63) is 28.8 Å². The number of methoxy groups -OCH3 is 3. The van der Waals surface area contributed by atoms with Crippen LogP contribution in [0.25, 0.3) is 0 Å². The number of hydrogen-bond acceptors (Lipinski definition) is 5. The normalized spacial score (nSPS) is 10.9. The van der Waals surface area contributed by atoms with Crippen molar-refractivity contribution < 1.29 is 19.0 Å². The average Bonchev–Trinajstić information content (AvgIpc) is 2.46. The zero-order chi connectivity index (χ0) is 15.1. The molecule has 0 saturated heterocycles. The van der Waals surface area contributed by atoms with Gasteiger partial charge in [-0.25, -0.2) is 4.79 Å². The number of carbonyl (C=O) groups excluding carboxylic acids is 1. The molecule has 0 aromatic heterocycles. The third-order valence-corrected chi connectivity index (χ3v) is 2.98. The monoisotopic (exact) mass is 299 g/mol. The van der Waals surface area contributed by atoms with Crippen molar-refractivity contribution in [1.82, 2.24) is 0 Å². The fraction of sp³-hybridized carbons (Fsp3) is 0.357. The lowest BCUT2D eigenvalue weighted by molar-refractivity contribution is -0.136. The van der Waals surface area contributed by atoms with Gasteiger partial charge in [0.05, 0.1) is 32.0 Å². The molecule has 0 spiro atoms. The van der Waals surface area contributed by atoms with Gasteiger partial charge in [0.15, 0.2) is 0 Å². The topological polar surface area (TPSA) is 56.8 Å². The third-order valence-electron chi connectivity index (χ3n) is 2.68. The van der Waals surface area contributed by atoms with Crippen LogP contribution in [0.15, 0.2) is 23.8 Å². The lowest BCUT2D eigenvalue weighted by Crippen LogP contribution is -2.06. The van der Waals surface area contributed by atoms with Gasteiger partial charge in [0.1, 0.15) is 11.5 Å². The first-order valence-electron chi connectivity index (χ1n) is 5.94. The van der Waals surface area contributed by atoms with E-state index >= 15 is 0 Å². The van der Waals surface area contributed by atoms with Gasteiger partial charge in [-0.2, -0.15) is 0 Å². The van der Waals surface area contributed by atoms with Crippen LogP contribution >= 0.6 is 11.6 Å². The molecule has 0 fully saturated rings. The minimum absolute atomic E-state index is 0.355. The molecule has 6 heteroatoms. The van der Waals surface area contributed by atoms with Gasteiger partial charge in [-0.1, -0.05) is 17.7 Å². The van der Waals surface area contributed by atoms with Crippen LogP contribution < -0.4 is 14.8 Å². The van der Waals surface area contributed by atoms with Crippen molar-refractivity contribution in [2.75, 3.05) is 33.2 Å². The molecule has 0 bridgehead atoms. The Labute approximate surface area is 123 Å². The Bertz CT molecular complexity index is 514. The van der Waals surface area contributed by atoms with Gasteiger partial charge in [-0.3, -0.25) is 0 Å². The Morgan fingerprint density at radius 3 is 2.45 bits per heavy atom. The van der Waals surface area contributed by atoms with Crippen LogP contribution in [0.5, 0.6) is 11.5 Å². The highest BCUT2D eigenvalue weighted by atomic mass is 35.5. The highest BCUT2D eigenvalue weighted by Gasteiger charge is 2.09. The fourth-order valence-electron chi connectivity index (χ4n) is 1.56. The molecule has 1 aromatic rings. The Morgan fingerprint density at radius 1 is 1.25 bits per heavy atom. The van der Waals surface area contributed by atoms with Gasteiger partial charge in [0.25, 0.3) is 0 Å². The first-order valence-corrected chi connectivity index (χ1v) is 6.31. The van der Waals surface area contributed by atoms with E-state index in [1.165, 1.54) is 14.2 Å². The molecule has 0 aliphatic heterocycles. The largest absolute Gasteiger partial charge is 0.495 e. The molecule has 0 heterocycles. The van der Waals surface area contributed by atoms with Crippen molar-refractivity contribution in [2.45, 2.75) is 6.92 Å². The van der Waals surface area contributed by atoms with Gasteiger partial charge >= 0.3 is 5.97 Å². The number of ether oxygens (including phenoxy) is 3. The third kappa shape index (κ3) is 4.06. The SMILES string of the molecule is COC(=O)/C(C)=C/CNc1cc(Cl)c(OC)cc1OC. The number of esters is 1. The number of anilines is 1. The van der Waals surface area contributed by atoms with Gasteiger partial charge in [-0.05, 0) is 13.0 Å². The number of rotatable bonds is 6. The van der Waals surface area contributed by atoms with Crippen LogP contribution in [0.4, 0.5) is 5.69 Å². The molecular formula is C14H18ClNO4. The molecule has 0 atom stereocenters. The maximum absolute atomic E-state index is 11.2. The van der Waals surface area contributed by atoms with E-state index in [1.54, 1.807) is 32.2 Å². The fourth-order valence-corrected chi connectivity index (χ4v) is 1.80. The highest BCUT2D eigenvalue weighted by molar-refractivity contribution is 6.32. The Hall–Kier alpha value is -1.88. The summed E-state index contributed by atoms with van der Waals surface area (Å²) in [6, 6.07) is 3.40. The van der Waals surface area contributed by atoms with E-state index in [9.17, 15) is 4.79 Å². The standard InChI is InChI=1S/C14H18ClNO4/c1-9(14(17)20-4)5-6-16-11-7-10(15)12(18-2)8-13(11)19-3/h5,7-8,16H,6H2,1-4H3/b9-5+. The number of benzene rings is 1. The second kappa shape index (κ2) is 7.65. The summed E-state index contributed by atoms with van der Waals surface area (Å²) in [7, 11) is 4.44. The van der Waals surface area contributed by atoms with Gasteiger partial charge in [0, 0.05) is 18.2 Å². The predicted molar refractivity (Wildman–Crippen MR) is 78.8 cm³/mol. The maximum atomic E-state index is 11.2. The molecule has 0 radical (unpaired) electrons. The van der Waals surface area contributed by atoms with E-state index in [4.69, 9.17) is 21.1 Å². The number of nitrogens with one attached hydrogen (secondary N) is 1. The van der Waals surface area contributed by atoms with Gasteiger partial charge < -0.3 is 19.5 Å². The second-order valence-electron chi connectivity index (χ2n) is 3.95. The maximum Gasteiger partial charge on any atom is 0.333 e. The lowest BCUT2D eigenvalue weighted by atomic mass is 10.2. The first kappa shape index (κ1) is 16.2. The lowest BCUT2D eigenvalue weighted by Gasteiger charge is -2.13. The van der Waals surface area contributed by atoms with E-state index in [-0.39, 0.29) is 5.97 Å². The van der Waals surface area contributed by atoms with Gasteiger partial charge in [-0.15, -0.1) is 0 Å². The predicted octanol–water partition coefficient (Wildman–Crippen LogP) is 2.89. The number of carbonyl (C=O) groups is 1. The second-order valence-corrected chi connectivity index (χ2v) is 4.35. The van der Waals surface area contributed by atoms with Gasteiger partial charge in [0.2, 0.25) is 0 Å². The summed E-state index contributed by atoms with van der Waals surface area (Å²) in [6.07, 6.45) is 1.73. The first-order chi connectivity index (χ1) is 9.53. The number of halogens is 1. The molecule has 1 rings (SSSR count). The molecule has 20 heavy (non-hydrogen) atoms. The average molecular weight is 300 g/mol. The Morgan fingerprint density at radius 2 is 1.90 bits per heavy atom. The summed E-state index contributed by atoms with van der Waals surface area (Å²) in [5.74, 6) is 0.789. The minimum Gasteiger partial charge on any atom is -0.495 e. The molecule has 0 unspecified atom stereocenters. The Kier molecular flexibility index (Phi) is 6.18. The van der Waals surface area contributed by atoms with Crippen molar-refractivity contribution in [2.24, 2.45) is 0 Å². The molecular weight excluding hydrogens is 282 g/mol. The van der Waals surface area contributed by atoms with Crippen molar-refractivity contribution >= 4 is 23.3 Å². The molecule has 0 amide bonds. The molecule has 1 N–H and O–H groups in total. The number of hydrogen-bond donors (Lipinski definition) is 1. The van der Waals surface area contributed by atoms with Crippen LogP contribution in [0.2, 0.25) is 5.02 Å². The van der Waals surface area contributed by atoms with Crippen molar-refractivity contribution in [3.63, 3.8) is 0 Å². The molecule has 5 nitrogen and oxygen atoms in total. The summed E-state index contributed by atoms with van der Waals surface area (Å²) in [6.45, 7) is 2.13. The zero-order valence-corrected chi connectivity index (χ0v) is 12.7. The zero-order valence-electron chi connectivity index (χ0n) is 12.0. The van der Waals surface area contributed by atoms with Crippen molar-refractivity contribution in [3.8, 4) is 11.5 Å². The molecule has 1 aromatic carbocycles. The van der Waals surface area contributed by atoms with Crippen molar-refractivity contribution in [1.29, 1.82) is 0 Å². The summed E-state index contributed by atoms with van der Waals surface area (Å²) in [4.78, 5) is 11.2. The van der Waals surface area contributed by atoms with E-state index in [0.717, 1.165) is 0 Å². The summed E-state index contributed by atoms with van der Waals surface area (Å²) in [5, 5.41) is 3.59. The highest BCUT2D eigenvalue weighted by Crippen LogP contribution is 2.35. The van der Waals surface area contributed by atoms with Crippen LogP contribution in [-0.4, -0.2) is 33.8 Å². The summed E-state index contributed by atoms with van der Waals surface area (Å²) < 4.78 is 15.0. The molecule has 0 aliphatic carbocycles. The van der Waals surface area contributed by atoms with E-state index < -0.39 is 0 Å². The van der Waals surface area contributed by atoms with Crippen LogP contribution in [0, 0.1) is 0 Å². The van der Waals surface area contributed by atoms with Crippen LogP contribution in [0.1, 0.15) is 6.92 Å². The molecule has 0 aliphatic rings. The van der Waals surface area contributed by atoms with Crippen LogP contribution in [0.3, 0.4) is 0 Å². The van der Waals surface area contributed by atoms with Crippen LogP contribution in [-0.2, 0) is 9.53 Å². The Balaban J connectivity index is 2.82. The summed E-state index contributed by atoms with van der Waals surface area (Å²) in [5.41, 5.74) is 1.24. The molecule has 110 valence electrons. The smallest absolute Gasteiger partial charge is 0.333 e. The van der Waals surface area contributed by atoms with E-state index in [0.29, 0.717) is 34.3 Å². The molecule has 0 saturated carbocycles. The quantitative estimate of drug-likeness (QED) is 0.646. The minimum atomic E-state index is -0.355. The summed E-state index contributed by atoms with van der Waals surface area (Å²) >= 11 is 6.06. The van der Waals surface area contributed by atoms with E-state index in [2.05, 4.69) is 10.1 Å².